The van der Waals surface area contributed by atoms with Crippen LogP contribution in [0.15, 0.2) is 17.0 Å². The number of primary amides is 1. The molecular formula is C12H13Cl2N3O3S. The number of hydrogen-bond donors (Lipinski definition) is 3. The highest BCUT2D eigenvalue weighted by Crippen LogP contribution is 2.30. The number of rotatable bonds is 5. The second kappa shape index (κ2) is 7.64. The summed E-state index contributed by atoms with van der Waals surface area (Å²) >= 11 is 11.9. The average molecular weight is 350 g/mol. The third kappa shape index (κ3) is 5.19. The molecule has 1 rings (SSSR count). The van der Waals surface area contributed by atoms with Crippen molar-refractivity contribution in [1.29, 1.82) is 0 Å². The first-order chi connectivity index (χ1) is 9.77. The summed E-state index contributed by atoms with van der Waals surface area (Å²) in [7, 11) is -3.95. The molecule has 0 saturated heterocycles. The molecule has 0 radical (unpaired) electrons. The van der Waals surface area contributed by atoms with Crippen molar-refractivity contribution in [2.75, 3.05) is 13.1 Å². The number of amides is 1. The van der Waals surface area contributed by atoms with Gasteiger partial charge in [-0.1, -0.05) is 35.0 Å². The summed E-state index contributed by atoms with van der Waals surface area (Å²) < 4.78 is 26.4. The zero-order valence-electron chi connectivity index (χ0n) is 10.8. The van der Waals surface area contributed by atoms with E-state index in [0.29, 0.717) is 5.56 Å². The van der Waals surface area contributed by atoms with E-state index in [2.05, 4.69) is 16.6 Å². The van der Waals surface area contributed by atoms with E-state index in [-0.39, 0.29) is 34.5 Å². The van der Waals surface area contributed by atoms with E-state index in [0.717, 1.165) is 0 Å². The van der Waals surface area contributed by atoms with Crippen LogP contribution in [0.1, 0.15) is 12.0 Å². The molecule has 5 N–H and O–H groups in total. The maximum atomic E-state index is 12.1. The minimum absolute atomic E-state index is 0.0737. The van der Waals surface area contributed by atoms with Gasteiger partial charge in [0.25, 0.3) is 0 Å². The van der Waals surface area contributed by atoms with E-state index in [1.54, 1.807) is 0 Å². The minimum atomic E-state index is -3.95. The van der Waals surface area contributed by atoms with Gasteiger partial charge in [0.1, 0.15) is 4.90 Å². The molecule has 21 heavy (non-hydrogen) atoms. The summed E-state index contributed by atoms with van der Waals surface area (Å²) in [4.78, 5) is 10.3. The molecule has 1 amide bonds. The molecule has 0 bridgehead atoms. The highest BCUT2D eigenvalue weighted by atomic mass is 35.5. The Kier molecular flexibility index (Phi) is 6.45. The number of nitrogens with two attached hydrogens (primary N) is 2. The summed E-state index contributed by atoms with van der Waals surface area (Å²) in [6.07, 6.45) is -0.130. The molecule has 0 fully saturated rings. The fourth-order valence-corrected chi connectivity index (χ4v) is 3.67. The van der Waals surface area contributed by atoms with Gasteiger partial charge in [-0.25, -0.2) is 13.1 Å². The predicted octanol–water partition coefficient (Wildman–Crippen LogP) is 0.457. The minimum Gasteiger partial charge on any atom is -0.370 e. The molecule has 0 heterocycles. The lowest BCUT2D eigenvalue weighted by Crippen LogP contribution is -2.28. The van der Waals surface area contributed by atoms with Crippen molar-refractivity contribution in [1.82, 2.24) is 4.72 Å². The number of nitrogens with one attached hydrogen (secondary N) is 1. The molecule has 0 saturated carbocycles. The van der Waals surface area contributed by atoms with Gasteiger partial charge in [-0.15, -0.1) is 0 Å². The Labute approximate surface area is 132 Å². The first-order valence-corrected chi connectivity index (χ1v) is 7.98. The van der Waals surface area contributed by atoms with Gasteiger partial charge in [0, 0.05) is 18.5 Å². The number of halogens is 2. The van der Waals surface area contributed by atoms with E-state index in [4.69, 9.17) is 34.7 Å². The van der Waals surface area contributed by atoms with Gasteiger partial charge in [-0.05, 0) is 12.1 Å². The molecule has 1 aromatic rings. The van der Waals surface area contributed by atoms with Crippen LogP contribution in [0.5, 0.6) is 0 Å². The molecule has 0 aliphatic rings. The maximum Gasteiger partial charge on any atom is 0.243 e. The molecule has 0 aromatic heterocycles. The Morgan fingerprint density at radius 2 is 1.86 bits per heavy atom. The Morgan fingerprint density at radius 1 is 1.29 bits per heavy atom. The first-order valence-electron chi connectivity index (χ1n) is 5.74. The number of sulfonamides is 1. The van der Waals surface area contributed by atoms with Crippen LogP contribution in [-0.4, -0.2) is 27.4 Å². The first kappa shape index (κ1) is 17.8. The van der Waals surface area contributed by atoms with Gasteiger partial charge in [0.05, 0.1) is 16.6 Å². The van der Waals surface area contributed by atoms with Crippen molar-refractivity contribution in [3.63, 3.8) is 0 Å². The van der Waals surface area contributed by atoms with E-state index in [1.165, 1.54) is 12.1 Å². The molecule has 0 unspecified atom stereocenters. The normalized spacial score (nSPS) is 10.8. The molecule has 0 aliphatic carbocycles. The number of hydrogen-bond acceptors (Lipinski definition) is 4. The third-order valence-electron chi connectivity index (χ3n) is 2.27. The molecule has 114 valence electrons. The van der Waals surface area contributed by atoms with Gasteiger partial charge in [-0.2, -0.15) is 0 Å². The smallest absolute Gasteiger partial charge is 0.243 e. The fourth-order valence-electron chi connectivity index (χ4n) is 1.42. The van der Waals surface area contributed by atoms with Crippen LogP contribution >= 0.6 is 23.2 Å². The van der Waals surface area contributed by atoms with Crippen LogP contribution in [0.2, 0.25) is 10.0 Å². The van der Waals surface area contributed by atoms with Crippen molar-refractivity contribution in [3.8, 4) is 11.8 Å². The molecule has 0 spiro atoms. The lowest BCUT2D eigenvalue weighted by molar-refractivity contribution is -0.117. The highest BCUT2D eigenvalue weighted by molar-refractivity contribution is 7.89. The van der Waals surface area contributed by atoms with Crippen LogP contribution < -0.4 is 16.2 Å². The highest BCUT2D eigenvalue weighted by Gasteiger charge is 2.22. The molecule has 9 heteroatoms. The molecule has 0 aliphatic heterocycles. The Bertz CT molecular complexity index is 685. The van der Waals surface area contributed by atoms with Gasteiger partial charge in [-0.3, -0.25) is 4.79 Å². The lowest BCUT2D eigenvalue weighted by atomic mass is 10.2. The van der Waals surface area contributed by atoms with E-state index in [9.17, 15) is 13.2 Å². The van der Waals surface area contributed by atoms with Gasteiger partial charge in [0.15, 0.2) is 0 Å². The predicted molar refractivity (Wildman–Crippen MR) is 81.4 cm³/mol. The topological polar surface area (TPSA) is 115 Å². The lowest BCUT2D eigenvalue weighted by Gasteiger charge is -2.10. The summed E-state index contributed by atoms with van der Waals surface area (Å²) in [5.41, 5.74) is 10.6. The summed E-state index contributed by atoms with van der Waals surface area (Å²) in [5, 5.41) is -0.147. The van der Waals surface area contributed by atoms with Crippen LogP contribution in [0.25, 0.3) is 0 Å². The summed E-state index contributed by atoms with van der Waals surface area (Å²) in [5.74, 6) is 4.69. The largest absolute Gasteiger partial charge is 0.370 e. The van der Waals surface area contributed by atoms with Crippen LogP contribution in [0.3, 0.4) is 0 Å². The maximum absolute atomic E-state index is 12.1. The summed E-state index contributed by atoms with van der Waals surface area (Å²) in [6, 6.07) is 2.75. The average Bonchev–Trinajstić information content (AvgIpc) is 2.34. The standard InChI is InChI=1S/C12H13Cl2N3O3S/c13-9-6-8(2-1-4-15)7-10(14)12(9)21(19,20)17-5-3-11(16)18/h6-7,17H,3-5,15H2,(H2,16,18). The van der Waals surface area contributed by atoms with E-state index in [1.807, 2.05) is 0 Å². The molecule has 0 atom stereocenters. The van der Waals surface area contributed by atoms with Gasteiger partial charge >= 0.3 is 0 Å². The van der Waals surface area contributed by atoms with Crippen molar-refractivity contribution >= 4 is 39.1 Å². The SMILES string of the molecule is NCC#Cc1cc(Cl)c(S(=O)(=O)NCCC(N)=O)c(Cl)c1. The second-order valence-electron chi connectivity index (χ2n) is 3.89. The Morgan fingerprint density at radius 3 is 2.33 bits per heavy atom. The zero-order valence-corrected chi connectivity index (χ0v) is 13.1. The zero-order chi connectivity index (χ0) is 16.0. The summed E-state index contributed by atoms with van der Waals surface area (Å²) in [6.45, 7) is 0.0169. The van der Waals surface area contributed by atoms with Crippen molar-refractivity contribution < 1.29 is 13.2 Å². The quantitative estimate of drug-likeness (QED) is 0.669. The second-order valence-corrected chi connectivity index (χ2v) is 6.41. The van der Waals surface area contributed by atoms with Crippen molar-refractivity contribution in [3.05, 3.63) is 27.7 Å². The van der Waals surface area contributed by atoms with Crippen LogP contribution in [0, 0.1) is 11.8 Å². The molecular weight excluding hydrogens is 337 g/mol. The van der Waals surface area contributed by atoms with Crippen molar-refractivity contribution in [2.24, 2.45) is 11.5 Å². The fraction of sp³-hybridized carbons (Fsp3) is 0.250. The molecule has 1 aromatic carbocycles. The third-order valence-corrected chi connectivity index (χ3v) is 4.65. The Hall–Kier alpha value is -1.30. The number of carbonyl (C=O) groups excluding carboxylic acids is 1. The van der Waals surface area contributed by atoms with Crippen LogP contribution in [-0.2, 0) is 14.8 Å². The van der Waals surface area contributed by atoms with E-state index >= 15 is 0 Å². The van der Waals surface area contributed by atoms with E-state index < -0.39 is 15.9 Å². The monoisotopic (exact) mass is 349 g/mol. The number of carbonyl (C=O) groups is 1. The number of benzene rings is 1. The van der Waals surface area contributed by atoms with Gasteiger partial charge < -0.3 is 11.5 Å². The van der Waals surface area contributed by atoms with Gasteiger partial charge in [0.2, 0.25) is 15.9 Å². The Balaban J connectivity index is 3.10. The van der Waals surface area contributed by atoms with Crippen molar-refractivity contribution in [2.45, 2.75) is 11.3 Å². The van der Waals surface area contributed by atoms with Crippen LogP contribution in [0.4, 0.5) is 0 Å². The molecule has 6 nitrogen and oxygen atoms in total.